The minimum Gasteiger partial charge on any atom is -0.345 e. The average Bonchev–Trinajstić information content (AvgIpc) is 2.18. The number of ketones is 1. The lowest BCUT2D eigenvalue weighted by molar-refractivity contribution is -0.116. The first-order chi connectivity index (χ1) is 7.00. The number of benzene rings is 1. The van der Waals surface area contributed by atoms with Gasteiger partial charge in [-0.05, 0) is 37.6 Å². The Morgan fingerprint density at radius 1 is 1.40 bits per heavy atom. The second-order valence-corrected chi connectivity index (χ2v) is 3.76. The molecule has 0 heterocycles. The van der Waals surface area contributed by atoms with Crippen molar-refractivity contribution in [1.82, 2.24) is 5.32 Å². The highest BCUT2D eigenvalue weighted by Gasteiger charge is 2.07. The molecule has 0 aliphatic carbocycles. The molecule has 1 amide bonds. The summed E-state index contributed by atoms with van der Waals surface area (Å²) in [7, 11) is 0. The van der Waals surface area contributed by atoms with E-state index in [1.807, 2.05) is 6.92 Å². The van der Waals surface area contributed by atoms with Gasteiger partial charge in [0.25, 0.3) is 5.91 Å². The van der Waals surface area contributed by atoms with Crippen LogP contribution in [0, 0.1) is 6.92 Å². The monoisotopic (exact) mass is 225 g/mol. The van der Waals surface area contributed by atoms with Crippen LogP contribution in [0.15, 0.2) is 18.2 Å². The van der Waals surface area contributed by atoms with Crippen LogP contribution in [0.4, 0.5) is 0 Å². The van der Waals surface area contributed by atoms with Crippen LogP contribution in [0.1, 0.15) is 22.8 Å². The van der Waals surface area contributed by atoms with Gasteiger partial charge >= 0.3 is 0 Å². The van der Waals surface area contributed by atoms with Gasteiger partial charge in [-0.2, -0.15) is 0 Å². The maximum absolute atomic E-state index is 11.5. The van der Waals surface area contributed by atoms with Gasteiger partial charge in [-0.1, -0.05) is 11.6 Å². The summed E-state index contributed by atoms with van der Waals surface area (Å²) in [5.74, 6) is -0.334. The number of hydrogen-bond donors (Lipinski definition) is 1. The van der Waals surface area contributed by atoms with Crippen LogP contribution in [0.5, 0.6) is 0 Å². The summed E-state index contributed by atoms with van der Waals surface area (Å²) >= 11 is 5.83. The second kappa shape index (κ2) is 4.94. The van der Waals surface area contributed by atoms with Crippen LogP contribution < -0.4 is 5.32 Å². The van der Waals surface area contributed by atoms with Gasteiger partial charge in [0.1, 0.15) is 5.78 Å². The number of amides is 1. The van der Waals surface area contributed by atoms with E-state index in [9.17, 15) is 9.59 Å². The van der Waals surface area contributed by atoms with Crippen molar-refractivity contribution in [3.05, 3.63) is 34.3 Å². The van der Waals surface area contributed by atoms with E-state index >= 15 is 0 Å². The zero-order valence-electron chi connectivity index (χ0n) is 8.63. The molecule has 0 saturated heterocycles. The second-order valence-electron chi connectivity index (χ2n) is 3.35. The molecule has 15 heavy (non-hydrogen) atoms. The fourth-order valence-electron chi connectivity index (χ4n) is 1.09. The van der Waals surface area contributed by atoms with Crippen LogP contribution in [0.2, 0.25) is 5.02 Å². The summed E-state index contributed by atoms with van der Waals surface area (Å²) in [6.45, 7) is 3.30. The maximum Gasteiger partial charge on any atom is 0.251 e. The molecule has 3 nitrogen and oxygen atoms in total. The predicted molar refractivity (Wildman–Crippen MR) is 59.2 cm³/mol. The van der Waals surface area contributed by atoms with Gasteiger partial charge < -0.3 is 5.32 Å². The first kappa shape index (κ1) is 11.7. The fourth-order valence-corrected chi connectivity index (χ4v) is 1.21. The van der Waals surface area contributed by atoms with E-state index < -0.39 is 0 Å². The standard InChI is InChI=1S/C11H12ClNO2/c1-7-5-9(3-4-10(7)12)11(15)13-6-8(2)14/h3-5H,6H2,1-2H3,(H,13,15). The van der Waals surface area contributed by atoms with Crippen molar-refractivity contribution in [3.8, 4) is 0 Å². The highest BCUT2D eigenvalue weighted by Crippen LogP contribution is 2.15. The highest BCUT2D eigenvalue weighted by atomic mass is 35.5. The third-order valence-corrected chi connectivity index (χ3v) is 2.34. The lowest BCUT2D eigenvalue weighted by Gasteiger charge is -2.04. The summed E-state index contributed by atoms with van der Waals surface area (Å²) in [5, 5.41) is 3.14. The summed E-state index contributed by atoms with van der Waals surface area (Å²) in [6, 6.07) is 4.99. The number of carbonyl (C=O) groups excluding carboxylic acids is 2. The Hall–Kier alpha value is -1.35. The molecule has 0 fully saturated rings. The Bertz CT molecular complexity index is 402. The molecule has 0 atom stereocenters. The minimum absolute atomic E-state index is 0.0561. The molecule has 0 unspecified atom stereocenters. The highest BCUT2D eigenvalue weighted by molar-refractivity contribution is 6.31. The number of hydrogen-bond acceptors (Lipinski definition) is 2. The van der Waals surface area contributed by atoms with Crippen molar-refractivity contribution in [2.75, 3.05) is 6.54 Å². The number of halogens is 1. The van der Waals surface area contributed by atoms with E-state index in [1.165, 1.54) is 6.92 Å². The molecule has 80 valence electrons. The number of carbonyl (C=O) groups is 2. The minimum atomic E-state index is -0.259. The van der Waals surface area contributed by atoms with Gasteiger partial charge in [0.05, 0.1) is 6.54 Å². The maximum atomic E-state index is 11.5. The molecule has 0 bridgehead atoms. The van der Waals surface area contributed by atoms with Gasteiger partial charge in [0.2, 0.25) is 0 Å². The Balaban J connectivity index is 2.74. The number of nitrogens with one attached hydrogen (secondary N) is 1. The molecule has 0 aliphatic rings. The molecular weight excluding hydrogens is 214 g/mol. The van der Waals surface area contributed by atoms with Crippen molar-refractivity contribution >= 4 is 23.3 Å². The Labute approximate surface area is 93.4 Å². The largest absolute Gasteiger partial charge is 0.345 e. The van der Waals surface area contributed by atoms with Gasteiger partial charge in [0, 0.05) is 10.6 Å². The molecule has 1 aromatic carbocycles. The van der Waals surface area contributed by atoms with Gasteiger partial charge in [-0.25, -0.2) is 0 Å². The lowest BCUT2D eigenvalue weighted by Crippen LogP contribution is -2.28. The van der Waals surface area contributed by atoms with Crippen molar-refractivity contribution in [3.63, 3.8) is 0 Å². The van der Waals surface area contributed by atoms with Crippen LogP contribution in [0.3, 0.4) is 0 Å². The topological polar surface area (TPSA) is 46.2 Å². The zero-order chi connectivity index (χ0) is 11.4. The van der Waals surface area contributed by atoms with Crippen molar-refractivity contribution in [2.24, 2.45) is 0 Å². The summed E-state index contributed by atoms with van der Waals surface area (Å²) in [4.78, 5) is 22.2. The van der Waals surface area contributed by atoms with Gasteiger partial charge in [-0.3, -0.25) is 9.59 Å². The van der Waals surface area contributed by atoms with E-state index in [0.717, 1.165) is 5.56 Å². The van der Waals surface area contributed by atoms with Crippen molar-refractivity contribution < 1.29 is 9.59 Å². The zero-order valence-corrected chi connectivity index (χ0v) is 9.39. The van der Waals surface area contributed by atoms with Gasteiger partial charge in [0.15, 0.2) is 0 Å². The first-order valence-electron chi connectivity index (χ1n) is 4.54. The third kappa shape index (κ3) is 3.36. The van der Waals surface area contributed by atoms with Crippen LogP contribution in [-0.4, -0.2) is 18.2 Å². The van der Waals surface area contributed by atoms with Gasteiger partial charge in [-0.15, -0.1) is 0 Å². The number of Topliss-reactive ketones (excluding diaryl/α,β-unsaturated/α-hetero) is 1. The first-order valence-corrected chi connectivity index (χ1v) is 4.92. The Kier molecular flexibility index (Phi) is 3.86. The Morgan fingerprint density at radius 3 is 2.60 bits per heavy atom. The summed E-state index contributed by atoms with van der Waals surface area (Å²) in [6.07, 6.45) is 0. The molecule has 1 rings (SSSR count). The summed E-state index contributed by atoms with van der Waals surface area (Å²) < 4.78 is 0. The molecule has 0 aromatic heterocycles. The quantitative estimate of drug-likeness (QED) is 0.855. The normalized spacial score (nSPS) is 9.80. The lowest BCUT2D eigenvalue weighted by atomic mass is 10.1. The Morgan fingerprint density at radius 2 is 2.07 bits per heavy atom. The van der Waals surface area contributed by atoms with E-state index in [1.54, 1.807) is 18.2 Å². The molecule has 0 saturated carbocycles. The third-order valence-electron chi connectivity index (χ3n) is 1.92. The average molecular weight is 226 g/mol. The van der Waals surface area contributed by atoms with Crippen molar-refractivity contribution in [2.45, 2.75) is 13.8 Å². The summed E-state index contributed by atoms with van der Waals surface area (Å²) in [5.41, 5.74) is 1.35. The number of rotatable bonds is 3. The SMILES string of the molecule is CC(=O)CNC(=O)c1ccc(Cl)c(C)c1. The molecule has 1 aromatic rings. The molecule has 0 radical (unpaired) electrons. The molecule has 0 spiro atoms. The fraction of sp³-hybridized carbons (Fsp3) is 0.273. The molecule has 0 aliphatic heterocycles. The molecule has 1 N–H and O–H groups in total. The number of aryl methyl sites for hydroxylation is 1. The predicted octanol–water partition coefficient (Wildman–Crippen LogP) is 1.97. The van der Waals surface area contributed by atoms with Crippen LogP contribution in [0.25, 0.3) is 0 Å². The van der Waals surface area contributed by atoms with E-state index in [0.29, 0.717) is 10.6 Å². The van der Waals surface area contributed by atoms with Crippen LogP contribution in [-0.2, 0) is 4.79 Å². The smallest absolute Gasteiger partial charge is 0.251 e. The van der Waals surface area contributed by atoms with E-state index in [-0.39, 0.29) is 18.2 Å². The van der Waals surface area contributed by atoms with E-state index in [2.05, 4.69) is 5.32 Å². The van der Waals surface area contributed by atoms with Crippen LogP contribution >= 0.6 is 11.6 Å². The molecular formula is C11H12ClNO2. The van der Waals surface area contributed by atoms with Crippen molar-refractivity contribution in [1.29, 1.82) is 0 Å². The molecule has 4 heteroatoms. The van der Waals surface area contributed by atoms with E-state index in [4.69, 9.17) is 11.6 Å².